The van der Waals surface area contributed by atoms with Crippen LogP contribution in [0.15, 0.2) is 6.07 Å². The van der Waals surface area contributed by atoms with E-state index in [-0.39, 0.29) is 6.10 Å². The van der Waals surface area contributed by atoms with Crippen LogP contribution in [0.25, 0.3) is 0 Å². The minimum Gasteiger partial charge on any atom is -0.379 e. The van der Waals surface area contributed by atoms with Crippen LogP contribution in [-0.2, 0) is 4.74 Å². The number of ether oxygens (including phenoxy) is 1. The number of rotatable bonds is 2. The Morgan fingerprint density at radius 2 is 1.94 bits per heavy atom. The van der Waals surface area contributed by atoms with E-state index < -0.39 is 0 Å². The van der Waals surface area contributed by atoms with Gasteiger partial charge in [0.05, 0.1) is 6.10 Å². The molecule has 0 amide bonds. The first kappa shape index (κ1) is 12.3. The van der Waals surface area contributed by atoms with Gasteiger partial charge in [-0.1, -0.05) is 6.92 Å². The van der Waals surface area contributed by atoms with E-state index in [2.05, 4.69) is 21.8 Å². The Hall–Kier alpha value is -1.16. The van der Waals surface area contributed by atoms with Crippen molar-refractivity contribution in [3.8, 4) is 0 Å². The van der Waals surface area contributed by atoms with Crippen LogP contribution in [0.2, 0.25) is 0 Å². The summed E-state index contributed by atoms with van der Waals surface area (Å²) in [6, 6.07) is 2.00. The minimum atomic E-state index is 0.285. The third-order valence-electron chi connectivity index (χ3n) is 3.45. The molecule has 0 bridgehead atoms. The molecule has 0 saturated carbocycles. The highest BCUT2D eigenvalue weighted by atomic mass is 16.5. The van der Waals surface area contributed by atoms with Gasteiger partial charge in [-0.05, 0) is 32.3 Å². The predicted octanol–water partition coefficient (Wildman–Crippen LogP) is 1.95. The summed E-state index contributed by atoms with van der Waals surface area (Å²) in [5, 5.41) is 0. The van der Waals surface area contributed by atoms with Crippen LogP contribution in [0.1, 0.15) is 24.7 Å². The lowest BCUT2D eigenvalue weighted by atomic mass is 9.96. The number of piperidine rings is 1. The lowest BCUT2D eigenvalue weighted by molar-refractivity contribution is 0.0494. The second-order valence-electron chi connectivity index (χ2n) is 4.94. The molecule has 1 aliphatic rings. The predicted molar refractivity (Wildman–Crippen MR) is 68.3 cm³/mol. The number of hydrogen-bond donors (Lipinski definition) is 0. The van der Waals surface area contributed by atoms with Gasteiger partial charge in [0, 0.05) is 31.6 Å². The van der Waals surface area contributed by atoms with Crippen LogP contribution in [0, 0.1) is 19.8 Å². The zero-order valence-corrected chi connectivity index (χ0v) is 11.1. The van der Waals surface area contributed by atoms with Gasteiger partial charge in [-0.2, -0.15) is 0 Å². The van der Waals surface area contributed by atoms with Crippen molar-refractivity contribution in [3.05, 3.63) is 17.5 Å². The molecule has 1 aliphatic heterocycles. The Labute approximate surface area is 103 Å². The van der Waals surface area contributed by atoms with Gasteiger partial charge < -0.3 is 9.64 Å². The molecule has 94 valence electrons. The Morgan fingerprint density at radius 3 is 2.53 bits per heavy atom. The van der Waals surface area contributed by atoms with Crippen LogP contribution in [0.4, 0.5) is 5.95 Å². The number of nitrogens with zero attached hydrogens (tertiary/aromatic N) is 3. The summed E-state index contributed by atoms with van der Waals surface area (Å²) < 4.78 is 5.52. The second-order valence-corrected chi connectivity index (χ2v) is 4.94. The molecule has 0 aromatic carbocycles. The maximum Gasteiger partial charge on any atom is 0.225 e. The molecule has 2 rings (SSSR count). The molecule has 2 unspecified atom stereocenters. The first-order valence-electron chi connectivity index (χ1n) is 6.20. The maximum atomic E-state index is 5.52. The van der Waals surface area contributed by atoms with Crippen molar-refractivity contribution in [1.82, 2.24) is 9.97 Å². The Morgan fingerprint density at radius 1 is 1.29 bits per heavy atom. The largest absolute Gasteiger partial charge is 0.379 e. The Balaban J connectivity index is 2.17. The Kier molecular flexibility index (Phi) is 3.62. The van der Waals surface area contributed by atoms with Crippen molar-refractivity contribution in [1.29, 1.82) is 0 Å². The molecule has 1 fully saturated rings. The van der Waals surface area contributed by atoms with Gasteiger partial charge in [0.15, 0.2) is 0 Å². The minimum absolute atomic E-state index is 0.285. The molecule has 4 heteroatoms. The van der Waals surface area contributed by atoms with Crippen molar-refractivity contribution in [2.75, 3.05) is 25.1 Å². The van der Waals surface area contributed by atoms with E-state index in [1.54, 1.807) is 7.11 Å². The van der Waals surface area contributed by atoms with Gasteiger partial charge in [0.2, 0.25) is 5.95 Å². The van der Waals surface area contributed by atoms with Gasteiger partial charge in [0.1, 0.15) is 0 Å². The molecular formula is C13H21N3O. The van der Waals surface area contributed by atoms with Crippen LogP contribution in [0.5, 0.6) is 0 Å². The average Bonchev–Trinajstić information content (AvgIpc) is 2.28. The van der Waals surface area contributed by atoms with E-state index in [0.29, 0.717) is 5.92 Å². The highest BCUT2D eigenvalue weighted by Gasteiger charge is 2.27. The van der Waals surface area contributed by atoms with E-state index >= 15 is 0 Å². The molecule has 4 nitrogen and oxygen atoms in total. The van der Waals surface area contributed by atoms with Crippen LogP contribution in [-0.4, -0.2) is 36.3 Å². The second kappa shape index (κ2) is 5.00. The molecule has 1 aromatic heterocycles. The zero-order chi connectivity index (χ0) is 12.4. The lowest BCUT2D eigenvalue weighted by Crippen LogP contribution is -2.44. The number of hydrogen-bond acceptors (Lipinski definition) is 4. The van der Waals surface area contributed by atoms with Crippen LogP contribution < -0.4 is 4.90 Å². The van der Waals surface area contributed by atoms with Crippen molar-refractivity contribution in [2.24, 2.45) is 5.92 Å². The number of methoxy groups -OCH3 is 1. The summed E-state index contributed by atoms with van der Waals surface area (Å²) in [6.45, 7) is 8.18. The SMILES string of the molecule is COC1CN(c2nc(C)cc(C)n2)CCC1C. The quantitative estimate of drug-likeness (QED) is 0.785. The molecule has 1 aromatic rings. The van der Waals surface area contributed by atoms with Crippen molar-refractivity contribution < 1.29 is 4.74 Å². The number of aromatic nitrogens is 2. The third-order valence-corrected chi connectivity index (χ3v) is 3.45. The first-order chi connectivity index (χ1) is 8.10. The van der Waals surface area contributed by atoms with Gasteiger partial charge in [-0.3, -0.25) is 0 Å². The molecule has 0 spiro atoms. The molecule has 2 heterocycles. The fourth-order valence-electron chi connectivity index (χ4n) is 2.37. The van der Waals surface area contributed by atoms with Crippen molar-refractivity contribution in [2.45, 2.75) is 33.3 Å². The fourth-order valence-corrected chi connectivity index (χ4v) is 2.37. The third kappa shape index (κ3) is 2.75. The molecule has 0 N–H and O–H groups in total. The first-order valence-corrected chi connectivity index (χ1v) is 6.20. The van der Waals surface area contributed by atoms with Crippen molar-refractivity contribution >= 4 is 5.95 Å². The van der Waals surface area contributed by atoms with E-state index in [9.17, 15) is 0 Å². The topological polar surface area (TPSA) is 38.2 Å². The summed E-state index contributed by atoms with van der Waals surface area (Å²) in [4.78, 5) is 11.3. The van der Waals surface area contributed by atoms with Gasteiger partial charge in [-0.15, -0.1) is 0 Å². The summed E-state index contributed by atoms with van der Waals surface area (Å²) in [6.07, 6.45) is 1.42. The number of anilines is 1. The molecule has 2 atom stereocenters. The summed E-state index contributed by atoms with van der Waals surface area (Å²) in [5.74, 6) is 1.46. The van der Waals surface area contributed by atoms with Crippen LogP contribution >= 0.6 is 0 Å². The molecule has 17 heavy (non-hydrogen) atoms. The molecule has 0 radical (unpaired) electrons. The van der Waals surface area contributed by atoms with Gasteiger partial charge in [0.25, 0.3) is 0 Å². The maximum absolute atomic E-state index is 5.52. The van der Waals surface area contributed by atoms with Gasteiger partial charge in [-0.25, -0.2) is 9.97 Å². The molecule has 1 saturated heterocycles. The normalized spacial score (nSPS) is 25.1. The van der Waals surface area contributed by atoms with Gasteiger partial charge >= 0.3 is 0 Å². The van der Waals surface area contributed by atoms with Crippen LogP contribution in [0.3, 0.4) is 0 Å². The summed E-state index contributed by atoms with van der Waals surface area (Å²) in [5.41, 5.74) is 2.06. The van der Waals surface area contributed by atoms with E-state index in [1.807, 2.05) is 19.9 Å². The summed E-state index contributed by atoms with van der Waals surface area (Å²) in [7, 11) is 1.78. The highest BCUT2D eigenvalue weighted by molar-refractivity contribution is 5.33. The summed E-state index contributed by atoms with van der Waals surface area (Å²) >= 11 is 0. The average molecular weight is 235 g/mol. The highest BCUT2D eigenvalue weighted by Crippen LogP contribution is 2.22. The van der Waals surface area contributed by atoms with E-state index in [1.165, 1.54) is 0 Å². The number of aryl methyl sites for hydroxylation is 2. The smallest absolute Gasteiger partial charge is 0.225 e. The van der Waals surface area contributed by atoms with Crippen molar-refractivity contribution in [3.63, 3.8) is 0 Å². The monoisotopic (exact) mass is 235 g/mol. The van der Waals surface area contributed by atoms with E-state index in [4.69, 9.17) is 4.74 Å². The fraction of sp³-hybridized carbons (Fsp3) is 0.692. The molecule has 0 aliphatic carbocycles. The van der Waals surface area contributed by atoms with E-state index in [0.717, 1.165) is 36.8 Å². The molecular weight excluding hydrogens is 214 g/mol. The Bertz CT molecular complexity index is 374. The zero-order valence-electron chi connectivity index (χ0n) is 11.1. The lowest BCUT2D eigenvalue weighted by Gasteiger charge is -2.36. The standard InChI is InChI=1S/C13H21N3O/c1-9-5-6-16(8-12(9)17-4)13-14-10(2)7-11(3)15-13/h7,9,12H,5-6,8H2,1-4H3.